The Morgan fingerprint density at radius 2 is 1.94 bits per heavy atom. The number of rotatable bonds is 5. The quantitative estimate of drug-likeness (QED) is 0.804. The van der Waals surface area contributed by atoms with Crippen LogP contribution >= 0.6 is 34.8 Å². The van der Waals surface area contributed by atoms with Crippen LogP contribution in [0.4, 0.5) is 0 Å². The number of benzene rings is 1. The predicted octanol–water partition coefficient (Wildman–Crippen LogP) is 4.38. The molecule has 18 heavy (non-hydrogen) atoms. The zero-order valence-electron chi connectivity index (χ0n) is 10.3. The molecule has 0 aliphatic heterocycles. The monoisotopic (exact) mass is 307 g/mol. The lowest BCUT2D eigenvalue weighted by Gasteiger charge is -2.13. The van der Waals surface area contributed by atoms with Gasteiger partial charge in [-0.2, -0.15) is 0 Å². The number of amides is 1. The van der Waals surface area contributed by atoms with Crippen LogP contribution in [0.25, 0.3) is 0 Å². The summed E-state index contributed by atoms with van der Waals surface area (Å²) in [6.45, 7) is 4.63. The highest BCUT2D eigenvalue weighted by molar-refractivity contribution is 6.42. The summed E-state index contributed by atoms with van der Waals surface area (Å²) in [5.74, 6) is 0.317. The first-order chi connectivity index (χ1) is 8.40. The fourth-order valence-electron chi connectivity index (χ4n) is 1.54. The summed E-state index contributed by atoms with van der Waals surface area (Å²) in [7, 11) is 0. The van der Waals surface area contributed by atoms with Crippen molar-refractivity contribution in [1.29, 1.82) is 0 Å². The third kappa shape index (κ3) is 5.05. The van der Waals surface area contributed by atoms with E-state index in [4.69, 9.17) is 34.8 Å². The molecule has 5 heteroatoms. The van der Waals surface area contributed by atoms with Gasteiger partial charge in [-0.1, -0.05) is 37.0 Å². The van der Waals surface area contributed by atoms with Gasteiger partial charge in [-0.25, -0.2) is 0 Å². The number of nitrogens with one attached hydrogen (secondary N) is 1. The summed E-state index contributed by atoms with van der Waals surface area (Å²) in [5.41, 5.74) is 0.484. The predicted molar refractivity (Wildman–Crippen MR) is 77.9 cm³/mol. The lowest BCUT2D eigenvalue weighted by atomic mass is 10.1. The molecule has 1 atom stereocenters. The van der Waals surface area contributed by atoms with Gasteiger partial charge in [0, 0.05) is 12.1 Å². The molecular formula is C13H16Cl3NO. The van der Waals surface area contributed by atoms with Gasteiger partial charge in [0.05, 0.1) is 15.4 Å². The van der Waals surface area contributed by atoms with Gasteiger partial charge in [-0.15, -0.1) is 11.6 Å². The topological polar surface area (TPSA) is 29.1 Å². The molecule has 0 radical (unpaired) electrons. The van der Waals surface area contributed by atoms with Gasteiger partial charge in [0.2, 0.25) is 0 Å². The zero-order valence-corrected chi connectivity index (χ0v) is 12.6. The van der Waals surface area contributed by atoms with Gasteiger partial charge >= 0.3 is 0 Å². The fraction of sp³-hybridized carbons (Fsp3) is 0.462. The number of halogens is 3. The van der Waals surface area contributed by atoms with E-state index >= 15 is 0 Å². The van der Waals surface area contributed by atoms with E-state index < -0.39 is 0 Å². The number of carbonyl (C=O) groups excluding carboxylic acids is 1. The normalized spacial score (nSPS) is 12.6. The molecule has 0 heterocycles. The van der Waals surface area contributed by atoms with Crippen molar-refractivity contribution >= 4 is 40.7 Å². The first kappa shape index (κ1) is 15.6. The molecular weight excluding hydrogens is 293 g/mol. The van der Waals surface area contributed by atoms with Crippen molar-refractivity contribution in [3.8, 4) is 0 Å². The highest BCUT2D eigenvalue weighted by Crippen LogP contribution is 2.22. The molecule has 0 bridgehead atoms. The molecule has 1 aromatic rings. The second-order valence-corrected chi connectivity index (χ2v) is 6.00. The average Bonchev–Trinajstić information content (AvgIpc) is 2.28. The third-order valence-electron chi connectivity index (χ3n) is 2.39. The summed E-state index contributed by atoms with van der Waals surface area (Å²) < 4.78 is 0. The highest BCUT2D eigenvalue weighted by atomic mass is 35.5. The molecule has 1 N–H and O–H groups in total. The van der Waals surface area contributed by atoms with Crippen LogP contribution in [-0.4, -0.2) is 17.8 Å². The summed E-state index contributed by atoms with van der Waals surface area (Å²) in [6.07, 6.45) is 0.864. The summed E-state index contributed by atoms with van der Waals surface area (Å²) >= 11 is 17.7. The van der Waals surface area contributed by atoms with Crippen LogP contribution in [-0.2, 0) is 0 Å². The Morgan fingerprint density at radius 1 is 1.28 bits per heavy atom. The highest BCUT2D eigenvalue weighted by Gasteiger charge is 2.11. The Labute approximate surface area is 123 Å². The third-order valence-corrected chi connectivity index (χ3v) is 3.46. The van der Waals surface area contributed by atoms with Crippen molar-refractivity contribution in [3.05, 3.63) is 33.8 Å². The maximum Gasteiger partial charge on any atom is 0.251 e. The van der Waals surface area contributed by atoms with E-state index in [0.717, 1.165) is 6.42 Å². The van der Waals surface area contributed by atoms with Crippen LogP contribution in [0.15, 0.2) is 18.2 Å². The Balaban J connectivity index is 2.52. The van der Waals surface area contributed by atoms with Gasteiger partial charge in [0.25, 0.3) is 5.91 Å². The fourth-order valence-corrected chi connectivity index (χ4v) is 2.27. The van der Waals surface area contributed by atoms with Crippen LogP contribution in [0.5, 0.6) is 0 Å². The lowest BCUT2D eigenvalue weighted by Crippen LogP contribution is -2.30. The molecule has 1 unspecified atom stereocenters. The molecule has 0 fully saturated rings. The number of alkyl halides is 1. The SMILES string of the molecule is CC(C)CC(Cl)CNC(=O)c1ccc(Cl)c(Cl)c1. The smallest absolute Gasteiger partial charge is 0.251 e. The Kier molecular flexibility index (Phi) is 6.27. The maximum atomic E-state index is 11.8. The molecule has 0 saturated carbocycles. The van der Waals surface area contributed by atoms with Gasteiger partial charge in [0.1, 0.15) is 0 Å². The average molecular weight is 309 g/mol. The minimum absolute atomic E-state index is 0.0586. The molecule has 1 aromatic carbocycles. The van der Waals surface area contributed by atoms with Crippen molar-refractivity contribution in [3.63, 3.8) is 0 Å². The van der Waals surface area contributed by atoms with Crippen molar-refractivity contribution in [2.45, 2.75) is 25.6 Å². The molecule has 0 aliphatic rings. The van der Waals surface area contributed by atoms with Crippen molar-refractivity contribution in [2.24, 2.45) is 5.92 Å². The second-order valence-electron chi connectivity index (χ2n) is 4.57. The lowest BCUT2D eigenvalue weighted by molar-refractivity contribution is 0.0953. The molecule has 0 spiro atoms. The number of carbonyl (C=O) groups is 1. The van der Waals surface area contributed by atoms with Crippen molar-refractivity contribution in [1.82, 2.24) is 5.32 Å². The molecule has 0 aromatic heterocycles. The van der Waals surface area contributed by atoms with E-state index in [1.165, 1.54) is 0 Å². The van der Waals surface area contributed by atoms with Gasteiger partial charge in [0.15, 0.2) is 0 Å². The van der Waals surface area contributed by atoms with E-state index in [-0.39, 0.29) is 11.3 Å². The zero-order chi connectivity index (χ0) is 13.7. The summed E-state index contributed by atoms with van der Waals surface area (Å²) in [4.78, 5) is 11.8. The molecule has 100 valence electrons. The molecule has 2 nitrogen and oxygen atoms in total. The Hall–Kier alpha value is -0.440. The molecule has 1 amide bonds. The van der Waals surface area contributed by atoms with E-state index in [1.54, 1.807) is 18.2 Å². The largest absolute Gasteiger partial charge is 0.351 e. The molecule has 0 saturated heterocycles. The number of hydrogen-bond acceptors (Lipinski definition) is 1. The number of hydrogen-bond donors (Lipinski definition) is 1. The first-order valence-electron chi connectivity index (χ1n) is 5.77. The van der Waals surface area contributed by atoms with E-state index in [0.29, 0.717) is 28.1 Å². The second kappa shape index (κ2) is 7.22. The Morgan fingerprint density at radius 3 is 2.50 bits per heavy atom. The van der Waals surface area contributed by atoms with E-state index in [2.05, 4.69) is 19.2 Å². The minimum atomic E-state index is -0.192. The van der Waals surface area contributed by atoms with Gasteiger partial charge < -0.3 is 5.32 Å². The summed E-state index contributed by atoms with van der Waals surface area (Å²) in [6, 6.07) is 4.78. The van der Waals surface area contributed by atoms with Crippen LogP contribution in [0.1, 0.15) is 30.6 Å². The minimum Gasteiger partial charge on any atom is -0.351 e. The van der Waals surface area contributed by atoms with E-state index in [9.17, 15) is 4.79 Å². The molecule has 0 aliphatic carbocycles. The van der Waals surface area contributed by atoms with Crippen LogP contribution in [0, 0.1) is 5.92 Å². The first-order valence-corrected chi connectivity index (χ1v) is 6.96. The van der Waals surface area contributed by atoms with Crippen LogP contribution < -0.4 is 5.32 Å². The standard InChI is InChI=1S/C13H16Cl3NO/c1-8(2)5-10(14)7-17-13(18)9-3-4-11(15)12(16)6-9/h3-4,6,8,10H,5,7H2,1-2H3,(H,17,18). The van der Waals surface area contributed by atoms with Gasteiger partial charge in [-0.05, 0) is 30.5 Å². The van der Waals surface area contributed by atoms with Crippen LogP contribution in [0.2, 0.25) is 10.0 Å². The van der Waals surface area contributed by atoms with Crippen molar-refractivity contribution in [2.75, 3.05) is 6.54 Å². The van der Waals surface area contributed by atoms with Crippen LogP contribution in [0.3, 0.4) is 0 Å². The molecule has 1 rings (SSSR count). The maximum absolute atomic E-state index is 11.8. The van der Waals surface area contributed by atoms with Gasteiger partial charge in [-0.3, -0.25) is 4.79 Å². The van der Waals surface area contributed by atoms with Crippen molar-refractivity contribution < 1.29 is 4.79 Å². The summed E-state index contributed by atoms with van der Waals surface area (Å²) in [5, 5.41) is 3.52. The Bertz CT molecular complexity index is 421. The van der Waals surface area contributed by atoms with E-state index in [1.807, 2.05) is 0 Å².